The molecule has 0 aliphatic carbocycles. The number of carbonyl (C=O) groups excluding carboxylic acids is 2. The highest BCUT2D eigenvalue weighted by Gasteiger charge is 2.36. The topological polar surface area (TPSA) is 71.3 Å². The van der Waals surface area contributed by atoms with Crippen molar-refractivity contribution in [2.75, 3.05) is 19.6 Å². The monoisotopic (exact) mass is 403 g/mol. The third kappa shape index (κ3) is 4.28. The number of likely N-dealkylation sites (tertiary alicyclic amines) is 2. The van der Waals surface area contributed by atoms with Gasteiger partial charge in [0.25, 0.3) is 5.91 Å². The fourth-order valence-electron chi connectivity index (χ4n) is 4.03. The number of hydrogen-bond donors (Lipinski definition) is 0. The minimum Gasteiger partial charge on any atom is -0.337 e. The normalized spacial score (nSPS) is 21.7. The highest BCUT2D eigenvalue weighted by molar-refractivity contribution is 5.92. The van der Waals surface area contributed by atoms with E-state index >= 15 is 0 Å². The molecule has 3 heterocycles. The number of carbonyl (C=O) groups is 2. The lowest BCUT2D eigenvalue weighted by atomic mass is 10.1. The van der Waals surface area contributed by atoms with E-state index in [4.69, 9.17) is 0 Å². The molecule has 0 radical (unpaired) electrons. The van der Waals surface area contributed by atoms with Gasteiger partial charge in [0, 0.05) is 19.5 Å². The molecule has 4 rings (SSSR count). The van der Waals surface area contributed by atoms with Crippen LogP contribution in [0.5, 0.6) is 0 Å². The molecule has 2 amide bonds. The predicted molar refractivity (Wildman–Crippen MR) is 100 cm³/mol. The predicted octanol–water partition coefficient (Wildman–Crippen LogP) is 1.83. The number of rotatable bonds is 5. The van der Waals surface area contributed by atoms with Gasteiger partial charge >= 0.3 is 0 Å². The Labute approximate surface area is 167 Å². The molecule has 1 aromatic heterocycles. The third-order valence-corrected chi connectivity index (χ3v) is 5.53. The van der Waals surface area contributed by atoms with Crippen LogP contribution in [0.2, 0.25) is 0 Å². The van der Waals surface area contributed by atoms with Crippen LogP contribution in [-0.2, 0) is 17.8 Å². The Morgan fingerprint density at radius 1 is 1.17 bits per heavy atom. The molecule has 2 aliphatic rings. The summed E-state index contributed by atoms with van der Waals surface area (Å²) in [7, 11) is 0. The SMILES string of the molecule is O=C(c1cn(CC2CC(F)CN2C(=O)Cc2ccccc2F)nn1)N1CCCC1. The zero-order chi connectivity index (χ0) is 20.4. The van der Waals surface area contributed by atoms with Crippen LogP contribution in [0, 0.1) is 5.82 Å². The van der Waals surface area contributed by atoms with Gasteiger partial charge in [0.1, 0.15) is 12.0 Å². The molecule has 0 spiro atoms. The summed E-state index contributed by atoms with van der Waals surface area (Å²) < 4.78 is 29.4. The smallest absolute Gasteiger partial charge is 0.276 e. The lowest BCUT2D eigenvalue weighted by molar-refractivity contribution is -0.131. The van der Waals surface area contributed by atoms with E-state index < -0.39 is 18.0 Å². The summed E-state index contributed by atoms with van der Waals surface area (Å²) in [6, 6.07) is 5.67. The number of hydrogen-bond acceptors (Lipinski definition) is 4. The van der Waals surface area contributed by atoms with E-state index in [9.17, 15) is 18.4 Å². The Morgan fingerprint density at radius 2 is 1.93 bits per heavy atom. The number of aromatic nitrogens is 3. The van der Waals surface area contributed by atoms with Gasteiger partial charge in [-0.1, -0.05) is 23.4 Å². The quantitative estimate of drug-likeness (QED) is 0.764. The number of nitrogens with zero attached hydrogens (tertiary/aromatic N) is 5. The van der Waals surface area contributed by atoms with E-state index in [2.05, 4.69) is 10.3 Å². The average Bonchev–Trinajstić information content (AvgIpc) is 3.44. The van der Waals surface area contributed by atoms with Crippen LogP contribution in [0.3, 0.4) is 0 Å². The van der Waals surface area contributed by atoms with Crippen molar-refractivity contribution in [3.8, 4) is 0 Å². The standard InChI is InChI=1S/C20H23F2N5O2/c21-15-10-16(27(11-15)19(28)9-14-5-1-2-6-17(14)22)12-26-13-18(23-24-26)20(29)25-7-3-4-8-25/h1-2,5-6,13,15-16H,3-4,7-12H2. The summed E-state index contributed by atoms with van der Waals surface area (Å²) in [6.07, 6.45) is 2.44. The first kappa shape index (κ1) is 19.5. The molecule has 0 saturated carbocycles. The number of halogens is 2. The van der Waals surface area contributed by atoms with Crippen LogP contribution in [-0.4, -0.2) is 68.5 Å². The minimum atomic E-state index is -1.14. The fraction of sp³-hybridized carbons (Fsp3) is 0.500. The van der Waals surface area contributed by atoms with Crippen LogP contribution < -0.4 is 0 Å². The molecule has 0 N–H and O–H groups in total. The first-order valence-corrected chi connectivity index (χ1v) is 9.87. The van der Waals surface area contributed by atoms with Gasteiger partial charge in [-0.3, -0.25) is 9.59 Å². The first-order valence-electron chi connectivity index (χ1n) is 9.87. The molecule has 2 atom stereocenters. The second-order valence-electron chi connectivity index (χ2n) is 7.63. The van der Waals surface area contributed by atoms with Crippen molar-refractivity contribution in [3.63, 3.8) is 0 Å². The second kappa shape index (κ2) is 8.26. The van der Waals surface area contributed by atoms with Gasteiger partial charge in [-0.05, 0) is 24.5 Å². The first-order chi connectivity index (χ1) is 14.0. The van der Waals surface area contributed by atoms with E-state index in [-0.39, 0.29) is 49.0 Å². The lowest BCUT2D eigenvalue weighted by Crippen LogP contribution is -2.39. The van der Waals surface area contributed by atoms with Gasteiger partial charge in [0.15, 0.2) is 5.69 Å². The summed E-state index contributed by atoms with van der Waals surface area (Å²) in [5.41, 5.74) is 0.545. The number of benzene rings is 1. The maximum Gasteiger partial charge on any atom is 0.276 e. The van der Waals surface area contributed by atoms with Crippen LogP contribution >= 0.6 is 0 Å². The zero-order valence-corrected chi connectivity index (χ0v) is 16.0. The van der Waals surface area contributed by atoms with Crippen molar-refractivity contribution in [2.24, 2.45) is 0 Å². The van der Waals surface area contributed by atoms with Gasteiger partial charge in [-0.2, -0.15) is 0 Å². The largest absolute Gasteiger partial charge is 0.337 e. The Hall–Kier alpha value is -2.84. The summed E-state index contributed by atoms with van der Waals surface area (Å²) in [4.78, 5) is 28.3. The number of amides is 2. The summed E-state index contributed by atoms with van der Waals surface area (Å²) in [6.45, 7) is 1.66. The zero-order valence-electron chi connectivity index (χ0n) is 16.0. The molecule has 2 aromatic rings. The Kier molecular flexibility index (Phi) is 5.55. The average molecular weight is 403 g/mol. The molecule has 2 fully saturated rings. The van der Waals surface area contributed by atoms with Gasteiger partial charge in [-0.25, -0.2) is 13.5 Å². The van der Waals surface area contributed by atoms with Gasteiger partial charge in [0.2, 0.25) is 5.91 Å². The summed E-state index contributed by atoms with van der Waals surface area (Å²) in [5, 5.41) is 7.93. The molecule has 2 aliphatic heterocycles. The van der Waals surface area contributed by atoms with Crippen molar-refractivity contribution >= 4 is 11.8 Å². The van der Waals surface area contributed by atoms with Gasteiger partial charge < -0.3 is 9.80 Å². The Morgan fingerprint density at radius 3 is 2.69 bits per heavy atom. The molecule has 2 unspecified atom stereocenters. The van der Waals surface area contributed by atoms with Crippen molar-refractivity contribution < 1.29 is 18.4 Å². The Bertz CT molecular complexity index is 897. The molecule has 9 heteroatoms. The van der Waals surface area contributed by atoms with Crippen LogP contribution in [0.15, 0.2) is 30.5 Å². The van der Waals surface area contributed by atoms with E-state index in [1.165, 1.54) is 15.6 Å². The molecular weight excluding hydrogens is 380 g/mol. The second-order valence-corrected chi connectivity index (χ2v) is 7.63. The molecule has 154 valence electrons. The fourth-order valence-corrected chi connectivity index (χ4v) is 4.03. The maximum absolute atomic E-state index is 14.1. The van der Waals surface area contributed by atoms with Crippen LogP contribution in [0.1, 0.15) is 35.3 Å². The third-order valence-electron chi connectivity index (χ3n) is 5.53. The van der Waals surface area contributed by atoms with Crippen LogP contribution in [0.4, 0.5) is 8.78 Å². The molecule has 0 bridgehead atoms. The molecule has 7 nitrogen and oxygen atoms in total. The van der Waals surface area contributed by atoms with Gasteiger partial charge in [-0.15, -0.1) is 5.10 Å². The highest BCUT2D eigenvalue weighted by Crippen LogP contribution is 2.23. The van der Waals surface area contributed by atoms with Crippen molar-refractivity contribution in [3.05, 3.63) is 47.5 Å². The van der Waals surface area contributed by atoms with Crippen molar-refractivity contribution in [1.29, 1.82) is 0 Å². The molecule has 29 heavy (non-hydrogen) atoms. The number of alkyl halides is 1. The lowest BCUT2D eigenvalue weighted by Gasteiger charge is -2.24. The molecular formula is C20H23F2N5O2. The minimum absolute atomic E-state index is 0.0216. The van der Waals surface area contributed by atoms with E-state index in [0.717, 1.165) is 25.9 Å². The van der Waals surface area contributed by atoms with Crippen molar-refractivity contribution in [1.82, 2.24) is 24.8 Å². The van der Waals surface area contributed by atoms with E-state index in [1.807, 2.05) is 0 Å². The van der Waals surface area contributed by atoms with E-state index in [1.54, 1.807) is 29.3 Å². The molecule has 1 aromatic carbocycles. The van der Waals surface area contributed by atoms with Gasteiger partial charge in [0.05, 0.1) is 31.7 Å². The summed E-state index contributed by atoms with van der Waals surface area (Å²) in [5.74, 6) is -0.931. The molecule has 2 saturated heterocycles. The van der Waals surface area contributed by atoms with E-state index in [0.29, 0.717) is 0 Å². The van der Waals surface area contributed by atoms with Crippen LogP contribution in [0.25, 0.3) is 0 Å². The van der Waals surface area contributed by atoms with Crippen molar-refractivity contribution in [2.45, 2.75) is 44.4 Å². The highest BCUT2D eigenvalue weighted by atomic mass is 19.1. The summed E-state index contributed by atoms with van der Waals surface area (Å²) >= 11 is 0. The Balaban J connectivity index is 1.42. The maximum atomic E-state index is 14.1.